The molecule has 0 amide bonds. The fourth-order valence-electron chi connectivity index (χ4n) is 2.42. The summed E-state index contributed by atoms with van der Waals surface area (Å²) in [7, 11) is 1.71. The van der Waals surface area contributed by atoms with Gasteiger partial charge in [0.2, 0.25) is 0 Å². The van der Waals surface area contributed by atoms with Crippen molar-refractivity contribution in [1.29, 1.82) is 0 Å². The van der Waals surface area contributed by atoms with E-state index in [4.69, 9.17) is 14.2 Å². The van der Waals surface area contributed by atoms with Gasteiger partial charge in [0, 0.05) is 13.7 Å². The van der Waals surface area contributed by atoms with Crippen LogP contribution in [0.5, 0.6) is 5.75 Å². The highest BCUT2D eigenvalue weighted by atomic mass is 16.5. The van der Waals surface area contributed by atoms with Gasteiger partial charge >= 0.3 is 5.97 Å². The van der Waals surface area contributed by atoms with E-state index < -0.39 is 0 Å². The molecule has 0 N–H and O–H groups in total. The fraction of sp³-hybridized carbons (Fsp3) is 0.650. The summed E-state index contributed by atoms with van der Waals surface area (Å²) >= 11 is 0. The van der Waals surface area contributed by atoms with Crippen LogP contribution in [0.15, 0.2) is 18.2 Å². The summed E-state index contributed by atoms with van der Waals surface area (Å²) in [4.78, 5) is 12.1. The molecule has 0 heterocycles. The van der Waals surface area contributed by atoms with Gasteiger partial charge < -0.3 is 14.2 Å². The molecular weight excluding hydrogens is 304 g/mol. The first-order valence-corrected chi connectivity index (χ1v) is 9.08. The topological polar surface area (TPSA) is 44.8 Å². The Morgan fingerprint density at radius 3 is 2.33 bits per heavy atom. The molecule has 4 nitrogen and oxygen atoms in total. The second-order valence-corrected chi connectivity index (χ2v) is 6.08. The number of carbonyl (C=O) groups excluding carboxylic acids is 1. The van der Waals surface area contributed by atoms with Crippen molar-refractivity contribution >= 4 is 5.97 Å². The molecule has 0 unspecified atom stereocenters. The molecule has 0 radical (unpaired) electrons. The summed E-state index contributed by atoms with van der Waals surface area (Å²) in [5, 5.41) is 0. The van der Waals surface area contributed by atoms with E-state index in [1.54, 1.807) is 13.2 Å². The molecule has 0 aromatic heterocycles. The zero-order valence-electron chi connectivity index (χ0n) is 15.4. The molecule has 136 valence electrons. The molecule has 24 heavy (non-hydrogen) atoms. The van der Waals surface area contributed by atoms with Gasteiger partial charge in [-0.05, 0) is 56.4 Å². The van der Waals surface area contributed by atoms with Crippen LogP contribution in [-0.2, 0) is 9.47 Å². The van der Waals surface area contributed by atoms with Crippen LogP contribution in [0.4, 0.5) is 0 Å². The zero-order chi connectivity index (χ0) is 17.6. The summed E-state index contributed by atoms with van der Waals surface area (Å²) < 4.78 is 16.1. The Kier molecular flexibility index (Phi) is 10.9. The minimum Gasteiger partial charge on any atom is -0.493 e. The normalized spacial score (nSPS) is 10.6. The van der Waals surface area contributed by atoms with Crippen LogP contribution in [0.25, 0.3) is 0 Å². The molecule has 4 heteroatoms. The van der Waals surface area contributed by atoms with Crippen molar-refractivity contribution < 1.29 is 19.0 Å². The molecule has 1 aromatic rings. The van der Waals surface area contributed by atoms with Crippen LogP contribution in [0.1, 0.15) is 67.8 Å². The smallest absolute Gasteiger partial charge is 0.338 e. The average Bonchev–Trinajstić information content (AvgIpc) is 2.58. The molecule has 0 aliphatic rings. The van der Waals surface area contributed by atoms with Gasteiger partial charge in [-0.3, -0.25) is 0 Å². The van der Waals surface area contributed by atoms with Crippen molar-refractivity contribution in [2.45, 2.75) is 58.8 Å². The van der Waals surface area contributed by atoms with Crippen LogP contribution >= 0.6 is 0 Å². The molecule has 0 fully saturated rings. The molecule has 0 aliphatic heterocycles. The Morgan fingerprint density at radius 2 is 1.67 bits per heavy atom. The predicted molar refractivity (Wildman–Crippen MR) is 96.8 cm³/mol. The quantitative estimate of drug-likeness (QED) is 0.378. The lowest BCUT2D eigenvalue weighted by Crippen LogP contribution is -2.07. The zero-order valence-corrected chi connectivity index (χ0v) is 15.4. The number of aryl methyl sites for hydroxylation is 1. The van der Waals surface area contributed by atoms with Gasteiger partial charge in [-0.1, -0.05) is 26.2 Å². The summed E-state index contributed by atoms with van der Waals surface area (Å²) in [6.45, 7) is 6.13. The number of rotatable bonds is 13. The molecule has 0 saturated heterocycles. The first-order valence-electron chi connectivity index (χ1n) is 9.08. The molecular formula is C20H32O4. The highest BCUT2D eigenvalue weighted by molar-refractivity contribution is 5.89. The second-order valence-electron chi connectivity index (χ2n) is 6.08. The minimum atomic E-state index is -0.257. The largest absolute Gasteiger partial charge is 0.493 e. The van der Waals surface area contributed by atoms with E-state index in [1.165, 1.54) is 12.8 Å². The lowest BCUT2D eigenvalue weighted by molar-refractivity contribution is 0.0497. The van der Waals surface area contributed by atoms with Gasteiger partial charge in [0.15, 0.2) is 0 Å². The number of hydrogen-bond acceptors (Lipinski definition) is 4. The number of hydrogen-bond donors (Lipinski definition) is 0. The number of esters is 1. The van der Waals surface area contributed by atoms with Crippen LogP contribution in [0.2, 0.25) is 0 Å². The van der Waals surface area contributed by atoms with Crippen molar-refractivity contribution in [3.05, 3.63) is 29.3 Å². The molecule has 0 aliphatic carbocycles. The van der Waals surface area contributed by atoms with Crippen molar-refractivity contribution in [3.63, 3.8) is 0 Å². The van der Waals surface area contributed by atoms with Crippen LogP contribution < -0.4 is 4.74 Å². The lowest BCUT2D eigenvalue weighted by atomic mass is 10.1. The minimum absolute atomic E-state index is 0.257. The van der Waals surface area contributed by atoms with Gasteiger partial charge in [0.05, 0.1) is 18.8 Å². The first-order chi connectivity index (χ1) is 11.7. The number of unbranched alkanes of at least 4 members (excludes halogenated alkanes) is 5. The van der Waals surface area contributed by atoms with Gasteiger partial charge in [-0.2, -0.15) is 0 Å². The van der Waals surface area contributed by atoms with E-state index in [2.05, 4.69) is 6.92 Å². The Hall–Kier alpha value is -1.55. The first kappa shape index (κ1) is 20.5. The lowest BCUT2D eigenvalue weighted by Gasteiger charge is -2.10. The monoisotopic (exact) mass is 336 g/mol. The van der Waals surface area contributed by atoms with E-state index in [0.717, 1.165) is 56.6 Å². The molecule has 1 rings (SSSR count). The van der Waals surface area contributed by atoms with Gasteiger partial charge in [0.1, 0.15) is 5.75 Å². The Morgan fingerprint density at radius 1 is 0.958 bits per heavy atom. The third-order valence-corrected chi connectivity index (χ3v) is 3.89. The van der Waals surface area contributed by atoms with Crippen LogP contribution in [-0.4, -0.2) is 32.9 Å². The number of carbonyl (C=O) groups is 1. The summed E-state index contributed by atoms with van der Waals surface area (Å²) in [5.41, 5.74) is 1.56. The van der Waals surface area contributed by atoms with Crippen LogP contribution in [0.3, 0.4) is 0 Å². The summed E-state index contributed by atoms with van der Waals surface area (Å²) in [6.07, 6.45) is 7.53. The number of methoxy groups -OCH3 is 1. The van der Waals surface area contributed by atoms with Gasteiger partial charge in [-0.25, -0.2) is 4.79 Å². The van der Waals surface area contributed by atoms with Gasteiger partial charge in [-0.15, -0.1) is 0 Å². The van der Waals surface area contributed by atoms with E-state index in [9.17, 15) is 4.79 Å². The van der Waals surface area contributed by atoms with Crippen molar-refractivity contribution in [3.8, 4) is 5.75 Å². The van der Waals surface area contributed by atoms with Crippen molar-refractivity contribution in [1.82, 2.24) is 0 Å². The molecule has 0 bridgehead atoms. The second kappa shape index (κ2) is 12.8. The van der Waals surface area contributed by atoms with Crippen molar-refractivity contribution in [2.75, 3.05) is 26.9 Å². The third kappa shape index (κ3) is 8.34. The Bertz CT molecular complexity index is 471. The summed E-state index contributed by atoms with van der Waals surface area (Å²) in [6, 6.07) is 5.49. The van der Waals surface area contributed by atoms with Gasteiger partial charge in [0.25, 0.3) is 0 Å². The maximum absolute atomic E-state index is 12.1. The average molecular weight is 336 g/mol. The van der Waals surface area contributed by atoms with E-state index in [0.29, 0.717) is 12.2 Å². The van der Waals surface area contributed by atoms with Crippen molar-refractivity contribution in [2.24, 2.45) is 0 Å². The molecule has 0 spiro atoms. The van der Waals surface area contributed by atoms with Crippen LogP contribution in [0, 0.1) is 6.92 Å². The van der Waals surface area contributed by atoms with E-state index in [1.807, 2.05) is 19.1 Å². The SMILES string of the molecule is CCCCCOc1ccc(C(=O)OCCCCCCOC)cc1C. The van der Waals surface area contributed by atoms with E-state index in [-0.39, 0.29) is 5.97 Å². The predicted octanol–water partition coefficient (Wildman–Crippen LogP) is 4.93. The maximum atomic E-state index is 12.1. The highest BCUT2D eigenvalue weighted by Crippen LogP contribution is 2.20. The van der Waals surface area contributed by atoms with E-state index >= 15 is 0 Å². The third-order valence-electron chi connectivity index (χ3n) is 3.89. The highest BCUT2D eigenvalue weighted by Gasteiger charge is 2.09. The summed E-state index contributed by atoms with van der Waals surface area (Å²) in [5.74, 6) is 0.591. The Balaban J connectivity index is 2.30. The standard InChI is InChI=1S/C20H32O4/c1-4-5-8-14-23-19-12-11-18(16-17(19)2)20(21)24-15-10-7-6-9-13-22-3/h11-12,16H,4-10,13-15H2,1-3H3. The number of benzene rings is 1. The maximum Gasteiger partial charge on any atom is 0.338 e. The molecule has 0 atom stereocenters. The molecule has 1 aromatic carbocycles. The molecule has 0 saturated carbocycles. The Labute approximate surface area is 146 Å². The number of ether oxygens (including phenoxy) is 3. The fourth-order valence-corrected chi connectivity index (χ4v) is 2.42.